The SMILES string of the molecule is C=C(C)C1CCC(C)=CC1c1c(O)cc(CCCCC)c(CN(C)C(=O)OCC(C)(C)C)c1O. The van der Waals surface area contributed by atoms with Crippen molar-refractivity contribution in [2.45, 2.75) is 92.5 Å². The Kier molecular flexibility index (Phi) is 9.66. The van der Waals surface area contributed by atoms with Gasteiger partial charge in [-0.1, -0.05) is 64.3 Å². The van der Waals surface area contributed by atoms with Crippen molar-refractivity contribution in [3.05, 3.63) is 46.6 Å². The lowest BCUT2D eigenvalue weighted by Crippen LogP contribution is -2.30. The van der Waals surface area contributed by atoms with Crippen LogP contribution in [0.1, 0.15) is 96.3 Å². The predicted molar refractivity (Wildman–Crippen MR) is 139 cm³/mol. The Morgan fingerprint density at radius 3 is 2.53 bits per heavy atom. The summed E-state index contributed by atoms with van der Waals surface area (Å²) < 4.78 is 5.49. The maximum absolute atomic E-state index is 12.7. The lowest BCUT2D eigenvalue weighted by Gasteiger charge is -2.32. The van der Waals surface area contributed by atoms with E-state index in [9.17, 15) is 15.0 Å². The number of phenolic OH excluding ortho intramolecular Hbond substituents is 2. The molecule has 0 aliphatic heterocycles. The van der Waals surface area contributed by atoms with Crippen LogP contribution < -0.4 is 0 Å². The molecular weight excluding hydrogens is 426 g/mol. The summed E-state index contributed by atoms with van der Waals surface area (Å²) in [7, 11) is 1.69. The monoisotopic (exact) mass is 471 g/mol. The first-order chi connectivity index (χ1) is 15.9. The number of nitrogens with zero attached hydrogens (tertiary/aromatic N) is 1. The van der Waals surface area contributed by atoms with E-state index in [0.717, 1.165) is 49.7 Å². The zero-order valence-electron chi connectivity index (χ0n) is 22.3. The average molecular weight is 472 g/mol. The smallest absolute Gasteiger partial charge is 0.409 e. The zero-order chi connectivity index (χ0) is 25.6. The van der Waals surface area contributed by atoms with E-state index in [1.807, 2.05) is 27.7 Å². The largest absolute Gasteiger partial charge is 0.507 e. The van der Waals surface area contributed by atoms with Gasteiger partial charge in [-0.3, -0.25) is 0 Å². The number of aryl methyl sites for hydroxylation is 1. The molecule has 1 aliphatic carbocycles. The molecule has 2 atom stereocenters. The molecule has 0 spiro atoms. The first-order valence-corrected chi connectivity index (χ1v) is 12.6. The van der Waals surface area contributed by atoms with Gasteiger partial charge in [-0.05, 0) is 62.5 Å². The van der Waals surface area contributed by atoms with Gasteiger partial charge in [0.2, 0.25) is 0 Å². The molecule has 0 radical (unpaired) electrons. The lowest BCUT2D eigenvalue weighted by molar-refractivity contribution is 0.0769. The number of amides is 1. The molecule has 190 valence electrons. The molecule has 2 rings (SSSR count). The highest BCUT2D eigenvalue weighted by Crippen LogP contribution is 2.48. The maximum Gasteiger partial charge on any atom is 0.409 e. The van der Waals surface area contributed by atoms with Crippen molar-refractivity contribution in [2.24, 2.45) is 11.3 Å². The zero-order valence-corrected chi connectivity index (χ0v) is 22.3. The second kappa shape index (κ2) is 11.8. The van der Waals surface area contributed by atoms with Crippen molar-refractivity contribution >= 4 is 6.09 Å². The molecule has 1 aromatic carbocycles. The van der Waals surface area contributed by atoms with Crippen molar-refractivity contribution in [3.8, 4) is 11.5 Å². The molecule has 0 heterocycles. The Morgan fingerprint density at radius 1 is 1.26 bits per heavy atom. The van der Waals surface area contributed by atoms with Crippen molar-refractivity contribution in [1.82, 2.24) is 4.90 Å². The molecule has 2 N–H and O–H groups in total. The summed E-state index contributed by atoms with van der Waals surface area (Å²) in [5.74, 6) is 0.207. The fourth-order valence-electron chi connectivity index (χ4n) is 4.66. The van der Waals surface area contributed by atoms with Crippen LogP contribution in [0.4, 0.5) is 4.79 Å². The molecule has 5 heteroatoms. The summed E-state index contributed by atoms with van der Waals surface area (Å²) in [6, 6.07) is 1.79. The molecular formula is C29H45NO4. The molecule has 1 amide bonds. The Balaban J connectivity index is 2.48. The third-order valence-electron chi connectivity index (χ3n) is 6.61. The predicted octanol–water partition coefficient (Wildman–Crippen LogP) is 7.46. The Bertz CT molecular complexity index is 910. The van der Waals surface area contributed by atoms with E-state index in [0.29, 0.717) is 17.7 Å². The van der Waals surface area contributed by atoms with Gasteiger partial charge in [-0.15, -0.1) is 0 Å². The minimum Gasteiger partial charge on any atom is -0.507 e. The van der Waals surface area contributed by atoms with Crippen molar-refractivity contribution in [3.63, 3.8) is 0 Å². The standard InChI is InChI=1S/C29H45NO4/c1-9-10-11-12-21-16-25(31)26(23-15-20(4)13-14-22(23)19(2)3)27(32)24(21)17-30(8)28(33)34-18-29(5,6)7/h15-16,22-23,31-32H,2,9-14,17-18H2,1,3-8H3. The summed E-state index contributed by atoms with van der Waals surface area (Å²) in [6.07, 6.45) is 7.49. The van der Waals surface area contributed by atoms with Crippen LogP contribution in [0.2, 0.25) is 0 Å². The van der Waals surface area contributed by atoms with Crippen molar-refractivity contribution in [1.29, 1.82) is 0 Å². The fraction of sp³-hybridized carbons (Fsp3) is 0.621. The number of allylic oxidation sites excluding steroid dienone is 3. The minimum atomic E-state index is -0.420. The van der Waals surface area contributed by atoms with Gasteiger partial charge in [0.05, 0.1) is 13.2 Å². The third kappa shape index (κ3) is 7.28. The number of aromatic hydroxyl groups is 2. The van der Waals surface area contributed by atoms with Gasteiger partial charge in [0.1, 0.15) is 11.5 Å². The molecule has 0 fully saturated rings. The molecule has 2 unspecified atom stereocenters. The quantitative estimate of drug-likeness (QED) is 0.290. The van der Waals surface area contributed by atoms with E-state index >= 15 is 0 Å². The summed E-state index contributed by atoms with van der Waals surface area (Å²) in [6.45, 7) is 17.0. The molecule has 1 aromatic rings. The number of phenols is 2. The van der Waals surface area contributed by atoms with E-state index in [-0.39, 0.29) is 35.3 Å². The number of carbonyl (C=O) groups excluding carboxylic acids is 1. The summed E-state index contributed by atoms with van der Waals surface area (Å²) in [5, 5.41) is 22.6. The van der Waals surface area contributed by atoms with Gasteiger partial charge < -0.3 is 19.8 Å². The highest BCUT2D eigenvalue weighted by Gasteiger charge is 2.32. The van der Waals surface area contributed by atoms with Crippen LogP contribution in [0, 0.1) is 11.3 Å². The number of carbonyl (C=O) groups is 1. The van der Waals surface area contributed by atoms with Crippen LogP contribution in [0.3, 0.4) is 0 Å². The third-order valence-corrected chi connectivity index (χ3v) is 6.61. The van der Waals surface area contributed by atoms with Gasteiger partial charge in [0.25, 0.3) is 0 Å². The number of benzene rings is 1. The normalized spacial score (nSPS) is 18.4. The van der Waals surface area contributed by atoms with Crippen LogP contribution in [0.15, 0.2) is 29.9 Å². The molecule has 0 aromatic heterocycles. The summed E-state index contributed by atoms with van der Waals surface area (Å²) in [4.78, 5) is 14.2. The van der Waals surface area contributed by atoms with E-state index < -0.39 is 6.09 Å². The van der Waals surface area contributed by atoms with Gasteiger partial charge in [0, 0.05) is 24.1 Å². The second-order valence-corrected chi connectivity index (χ2v) is 11.3. The topological polar surface area (TPSA) is 70.0 Å². The Hall–Kier alpha value is -2.43. The molecule has 0 saturated carbocycles. The molecule has 5 nitrogen and oxygen atoms in total. The van der Waals surface area contributed by atoms with E-state index in [1.165, 1.54) is 10.5 Å². The lowest BCUT2D eigenvalue weighted by atomic mass is 9.73. The van der Waals surface area contributed by atoms with E-state index in [2.05, 4.69) is 26.5 Å². The number of hydrogen-bond donors (Lipinski definition) is 2. The van der Waals surface area contributed by atoms with Crippen LogP contribution in [0.25, 0.3) is 0 Å². The van der Waals surface area contributed by atoms with Crippen molar-refractivity contribution in [2.75, 3.05) is 13.7 Å². The number of ether oxygens (including phenoxy) is 1. The van der Waals surface area contributed by atoms with Crippen LogP contribution >= 0.6 is 0 Å². The molecule has 0 bridgehead atoms. The van der Waals surface area contributed by atoms with Crippen LogP contribution in [-0.2, 0) is 17.7 Å². The first kappa shape index (κ1) is 27.8. The van der Waals surface area contributed by atoms with Gasteiger partial charge >= 0.3 is 6.09 Å². The summed E-state index contributed by atoms with van der Waals surface area (Å²) >= 11 is 0. The molecule has 1 aliphatic rings. The number of hydrogen-bond acceptors (Lipinski definition) is 4. The highest BCUT2D eigenvalue weighted by molar-refractivity contribution is 5.68. The van der Waals surface area contributed by atoms with Crippen molar-refractivity contribution < 1.29 is 19.7 Å². The minimum absolute atomic E-state index is 0.0872. The van der Waals surface area contributed by atoms with Crippen LogP contribution in [0.5, 0.6) is 11.5 Å². The van der Waals surface area contributed by atoms with Gasteiger partial charge in [0.15, 0.2) is 0 Å². The van der Waals surface area contributed by atoms with E-state index in [4.69, 9.17) is 4.74 Å². The van der Waals surface area contributed by atoms with E-state index in [1.54, 1.807) is 13.1 Å². The number of unbranched alkanes of at least 4 members (excludes halogenated alkanes) is 2. The van der Waals surface area contributed by atoms with Gasteiger partial charge in [-0.2, -0.15) is 0 Å². The second-order valence-electron chi connectivity index (χ2n) is 11.3. The van der Waals surface area contributed by atoms with Crippen LogP contribution in [-0.4, -0.2) is 34.9 Å². The first-order valence-electron chi connectivity index (χ1n) is 12.6. The summed E-state index contributed by atoms with van der Waals surface area (Å²) in [5.41, 5.74) is 4.28. The fourth-order valence-corrected chi connectivity index (χ4v) is 4.66. The highest BCUT2D eigenvalue weighted by atomic mass is 16.6. The Morgan fingerprint density at radius 2 is 1.94 bits per heavy atom. The Labute approximate surface area is 206 Å². The average Bonchev–Trinajstić information content (AvgIpc) is 2.73. The molecule has 34 heavy (non-hydrogen) atoms. The van der Waals surface area contributed by atoms with Gasteiger partial charge in [-0.25, -0.2) is 4.79 Å². The number of rotatable bonds is 9. The maximum atomic E-state index is 12.7. The molecule has 0 saturated heterocycles.